The Morgan fingerprint density at radius 1 is 1.30 bits per heavy atom. The van der Waals surface area contributed by atoms with Gasteiger partial charge in [0.05, 0.1) is 24.2 Å². The maximum Gasteiger partial charge on any atom is 0.240 e. The molecule has 2 aromatic heterocycles. The van der Waals surface area contributed by atoms with Crippen molar-refractivity contribution >= 4 is 29.5 Å². The summed E-state index contributed by atoms with van der Waals surface area (Å²) in [7, 11) is 0. The van der Waals surface area contributed by atoms with E-state index in [2.05, 4.69) is 44.0 Å². The number of thioether (sulfide) groups is 1. The molecule has 0 saturated carbocycles. The van der Waals surface area contributed by atoms with Crippen LogP contribution in [-0.2, 0) is 16.1 Å². The van der Waals surface area contributed by atoms with Gasteiger partial charge in [0.2, 0.25) is 17.7 Å². The molecule has 0 aromatic carbocycles. The highest BCUT2D eigenvalue weighted by Gasteiger charge is 2.24. The fourth-order valence-corrected chi connectivity index (χ4v) is 3.60. The van der Waals surface area contributed by atoms with Gasteiger partial charge in [0.1, 0.15) is 0 Å². The Morgan fingerprint density at radius 3 is 2.67 bits per heavy atom. The lowest BCUT2D eigenvalue weighted by Gasteiger charge is -2.28. The molecule has 10 heteroatoms. The summed E-state index contributed by atoms with van der Waals surface area (Å²) < 4.78 is 12.6. The van der Waals surface area contributed by atoms with Crippen molar-refractivity contribution in [3.8, 4) is 0 Å². The van der Waals surface area contributed by atoms with Crippen LogP contribution in [0.4, 0.5) is 11.8 Å². The van der Waals surface area contributed by atoms with Gasteiger partial charge in [-0.2, -0.15) is 0 Å². The number of morpholine rings is 1. The van der Waals surface area contributed by atoms with Gasteiger partial charge in [-0.05, 0) is 19.8 Å². The van der Waals surface area contributed by atoms with Crippen LogP contribution >= 0.6 is 11.8 Å². The number of aryl methyl sites for hydroxylation is 1. The van der Waals surface area contributed by atoms with Crippen LogP contribution in [0.1, 0.15) is 26.5 Å². The van der Waals surface area contributed by atoms with Gasteiger partial charge in [0.15, 0.2) is 5.16 Å². The van der Waals surface area contributed by atoms with Gasteiger partial charge in [0.25, 0.3) is 0 Å². The van der Waals surface area contributed by atoms with Gasteiger partial charge in [-0.15, -0.1) is 10.2 Å². The van der Waals surface area contributed by atoms with Gasteiger partial charge in [-0.3, -0.25) is 14.7 Å². The fourth-order valence-electron chi connectivity index (χ4n) is 2.75. The van der Waals surface area contributed by atoms with Crippen LogP contribution in [-0.4, -0.2) is 57.4 Å². The minimum atomic E-state index is -0.358. The Labute approximate surface area is 162 Å². The number of ether oxygens (including phenoxy) is 1. The first-order chi connectivity index (χ1) is 12.9. The van der Waals surface area contributed by atoms with Gasteiger partial charge in [0, 0.05) is 25.7 Å². The van der Waals surface area contributed by atoms with E-state index in [-0.39, 0.29) is 11.2 Å². The first-order valence-corrected chi connectivity index (χ1v) is 9.98. The number of aromatic nitrogens is 4. The zero-order chi connectivity index (χ0) is 19.4. The zero-order valence-electron chi connectivity index (χ0n) is 16.1. The molecule has 1 aliphatic rings. The molecule has 9 nitrogen and oxygen atoms in total. The molecule has 1 saturated heterocycles. The Morgan fingerprint density at radius 2 is 2.04 bits per heavy atom. The van der Waals surface area contributed by atoms with Crippen molar-refractivity contribution < 1.29 is 14.1 Å². The monoisotopic (exact) mass is 394 g/mol. The van der Waals surface area contributed by atoms with E-state index in [0.717, 1.165) is 36.4 Å². The Balaban J connectivity index is 1.72. The maximum absolute atomic E-state index is 12.5. The molecule has 0 bridgehead atoms. The fraction of sp³-hybridized carbons (Fsp3) is 0.647. The largest absolute Gasteiger partial charge is 0.378 e. The Bertz CT molecular complexity index is 769. The van der Waals surface area contributed by atoms with Gasteiger partial charge in [-0.1, -0.05) is 30.8 Å². The van der Waals surface area contributed by atoms with E-state index in [1.54, 1.807) is 13.0 Å². The van der Waals surface area contributed by atoms with Gasteiger partial charge in [-0.25, -0.2) is 0 Å². The summed E-state index contributed by atoms with van der Waals surface area (Å²) in [6.45, 7) is 11.7. The first-order valence-electron chi connectivity index (χ1n) is 9.10. The van der Waals surface area contributed by atoms with Crippen molar-refractivity contribution in [3.05, 3.63) is 11.8 Å². The maximum atomic E-state index is 12.5. The van der Waals surface area contributed by atoms with Crippen molar-refractivity contribution in [1.82, 2.24) is 19.9 Å². The molecule has 27 heavy (non-hydrogen) atoms. The van der Waals surface area contributed by atoms with Gasteiger partial charge >= 0.3 is 0 Å². The number of rotatable bonds is 7. The van der Waals surface area contributed by atoms with Crippen molar-refractivity contribution in [3.63, 3.8) is 0 Å². The van der Waals surface area contributed by atoms with Crippen molar-refractivity contribution in [2.75, 3.05) is 36.5 Å². The normalized spacial score (nSPS) is 16.0. The third-order valence-corrected chi connectivity index (χ3v) is 5.15. The number of nitrogens with one attached hydrogen (secondary N) is 1. The number of anilines is 2. The van der Waals surface area contributed by atoms with Crippen molar-refractivity contribution in [2.24, 2.45) is 5.92 Å². The van der Waals surface area contributed by atoms with Crippen LogP contribution in [0.2, 0.25) is 0 Å². The smallest absolute Gasteiger partial charge is 0.240 e. The summed E-state index contributed by atoms with van der Waals surface area (Å²) in [6.07, 6.45) is 0. The predicted molar refractivity (Wildman–Crippen MR) is 103 cm³/mol. The molecule has 0 radical (unpaired) electrons. The highest BCUT2D eigenvalue weighted by Crippen LogP contribution is 2.27. The summed E-state index contributed by atoms with van der Waals surface area (Å²) in [6, 6.07) is 1.69. The Kier molecular flexibility index (Phi) is 6.38. The summed E-state index contributed by atoms with van der Waals surface area (Å²) >= 11 is 1.39. The van der Waals surface area contributed by atoms with Gasteiger partial charge < -0.3 is 14.2 Å². The second kappa shape index (κ2) is 8.75. The molecular formula is C17H26N6O3S. The van der Waals surface area contributed by atoms with E-state index in [1.807, 2.05) is 6.92 Å². The van der Waals surface area contributed by atoms with Crippen LogP contribution in [0.3, 0.4) is 0 Å². The van der Waals surface area contributed by atoms with Crippen LogP contribution in [0.15, 0.2) is 15.7 Å². The number of amides is 1. The lowest BCUT2D eigenvalue weighted by atomic mass is 10.2. The quantitative estimate of drug-likeness (QED) is 0.714. The van der Waals surface area contributed by atoms with Crippen LogP contribution in [0.25, 0.3) is 0 Å². The SMILES string of the molecule is Cc1cc(NC(=O)C(C)Sc2nnc(N3CCOCC3)n2CC(C)C)on1. The van der Waals surface area contributed by atoms with Crippen molar-refractivity contribution in [1.29, 1.82) is 0 Å². The number of hydrogen-bond donors (Lipinski definition) is 1. The topological polar surface area (TPSA) is 98.3 Å². The minimum absolute atomic E-state index is 0.164. The molecule has 148 valence electrons. The molecule has 0 spiro atoms. The molecule has 1 fully saturated rings. The lowest BCUT2D eigenvalue weighted by molar-refractivity contribution is -0.115. The summed E-state index contributed by atoms with van der Waals surface area (Å²) in [5, 5.41) is 15.6. The molecule has 1 amide bonds. The molecule has 3 rings (SSSR count). The second-order valence-corrected chi connectivity index (χ2v) is 8.28. The van der Waals surface area contributed by atoms with Crippen LogP contribution in [0.5, 0.6) is 0 Å². The molecular weight excluding hydrogens is 368 g/mol. The second-order valence-electron chi connectivity index (χ2n) is 6.97. The van der Waals surface area contributed by atoms with E-state index < -0.39 is 0 Å². The van der Waals surface area contributed by atoms with E-state index in [9.17, 15) is 4.79 Å². The Hall–Kier alpha value is -2.07. The number of hydrogen-bond acceptors (Lipinski definition) is 8. The zero-order valence-corrected chi connectivity index (χ0v) is 17.0. The molecule has 2 aromatic rings. The standard InChI is InChI=1S/C17H26N6O3S/c1-11(2)10-23-16(22-5-7-25-8-6-22)19-20-17(23)27-13(4)15(24)18-14-9-12(3)21-26-14/h9,11,13H,5-8,10H2,1-4H3,(H,18,24). The van der Waals surface area contributed by atoms with E-state index in [4.69, 9.17) is 9.26 Å². The number of nitrogens with zero attached hydrogens (tertiary/aromatic N) is 5. The summed E-state index contributed by atoms with van der Waals surface area (Å²) in [4.78, 5) is 14.6. The predicted octanol–water partition coefficient (Wildman–Crippen LogP) is 2.19. The molecule has 1 atom stereocenters. The number of carbonyl (C=O) groups excluding carboxylic acids is 1. The lowest BCUT2D eigenvalue weighted by Crippen LogP contribution is -2.38. The highest BCUT2D eigenvalue weighted by molar-refractivity contribution is 8.00. The first kappa shape index (κ1) is 19.7. The van der Waals surface area contributed by atoms with E-state index in [1.165, 1.54) is 11.8 Å². The third kappa shape index (κ3) is 5.01. The van der Waals surface area contributed by atoms with Crippen LogP contribution in [0, 0.1) is 12.8 Å². The molecule has 1 N–H and O–H groups in total. The molecule has 1 unspecified atom stereocenters. The molecule has 3 heterocycles. The van der Waals surface area contributed by atoms with Crippen LogP contribution < -0.4 is 10.2 Å². The number of carbonyl (C=O) groups is 1. The summed E-state index contributed by atoms with van der Waals surface area (Å²) in [5.41, 5.74) is 0.720. The average Bonchev–Trinajstić information content (AvgIpc) is 3.21. The third-order valence-electron chi connectivity index (χ3n) is 4.06. The highest BCUT2D eigenvalue weighted by atomic mass is 32.2. The van der Waals surface area contributed by atoms with Crippen molar-refractivity contribution in [2.45, 2.75) is 44.6 Å². The summed E-state index contributed by atoms with van der Waals surface area (Å²) in [5.74, 6) is 1.46. The minimum Gasteiger partial charge on any atom is -0.378 e. The average molecular weight is 395 g/mol. The molecule has 1 aliphatic heterocycles. The van der Waals surface area contributed by atoms with E-state index in [0.29, 0.717) is 25.0 Å². The molecule has 0 aliphatic carbocycles. The van der Waals surface area contributed by atoms with E-state index >= 15 is 0 Å².